The Morgan fingerprint density at radius 3 is 2.52 bits per heavy atom. The summed E-state index contributed by atoms with van der Waals surface area (Å²) in [4.78, 5) is 6.62. The SMILES string of the molecule is COc1ccc(NC(N)=NCC(CC(C)C)N(C)C)cc1Cl.I. The van der Waals surface area contributed by atoms with Crippen LogP contribution in [0.5, 0.6) is 5.75 Å². The summed E-state index contributed by atoms with van der Waals surface area (Å²) in [5.74, 6) is 1.64. The molecule has 0 saturated heterocycles. The molecule has 1 rings (SSSR count). The number of aliphatic imine (C=N–C) groups is 1. The van der Waals surface area contributed by atoms with Gasteiger partial charge in [0.25, 0.3) is 0 Å². The van der Waals surface area contributed by atoms with Gasteiger partial charge in [0, 0.05) is 11.7 Å². The van der Waals surface area contributed by atoms with Crippen LogP contribution in [0.25, 0.3) is 0 Å². The molecule has 0 bridgehead atoms. The second-order valence-electron chi connectivity index (χ2n) is 5.95. The fourth-order valence-electron chi connectivity index (χ4n) is 2.13. The molecule has 0 aromatic heterocycles. The van der Waals surface area contributed by atoms with Crippen molar-refractivity contribution in [3.05, 3.63) is 23.2 Å². The lowest BCUT2D eigenvalue weighted by Crippen LogP contribution is -2.34. The lowest BCUT2D eigenvalue weighted by Gasteiger charge is -2.24. The number of guanidine groups is 1. The van der Waals surface area contributed by atoms with Crippen LogP contribution in [0.15, 0.2) is 23.2 Å². The van der Waals surface area contributed by atoms with Gasteiger partial charge in [0.15, 0.2) is 5.96 Å². The summed E-state index contributed by atoms with van der Waals surface area (Å²) in [6.45, 7) is 5.08. The van der Waals surface area contributed by atoms with E-state index in [1.54, 1.807) is 19.2 Å². The lowest BCUT2D eigenvalue weighted by atomic mass is 10.0. The van der Waals surface area contributed by atoms with Crippen LogP contribution in [-0.2, 0) is 0 Å². The number of anilines is 1. The van der Waals surface area contributed by atoms with E-state index in [2.05, 4.69) is 43.2 Å². The molecule has 23 heavy (non-hydrogen) atoms. The molecule has 1 unspecified atom stereocenters. The van der Waals surface area contributed by atoms with Crippen molar-refractivity contribution < 1.29 is 4.74 Å². The smallest absolute Gasteiger partial charge is 0.193 e. The molecule has 0 radical (unpaired) electrons. The van der Waals surface area contributed by atoms with Crippen molar-refractivity contribution in [1.29, 1.82) is 0 Å². The Kier molecular flexibility index (Phi) is 10.6. The van der Waals surface area contributed by atoms with Crippen molar-refractivity contribution >= 4 is 47.2 Å². The van der Waals surface area contributed by atoms with Crippen molar-refractivity contribution in [2.45, 2.75) is 26.3 Å². The third-order valence-electron chi connectivity index (χ3n) is 3.37. The van der Waals surface area contributed by atoms with E-state index in [1.807, 2.05) is 6.07 Å². The number of hydrogen-bond acceptors (Lipinski definition) is 3. The van der Waals surface area contributed by atoms with Gasteiger partial charge in [-0.25, -0.2) is 0 Å². The molecule has 0 aliphatic rings. The summed E-state index contributed by atoms with van der Waals surface area (Å²) in [5, 5.41) is 3.58. The summed E-state index contributed by atoms with van der Waals surface area (Å²) < 4.78 is 5.12. The molecule has 0 heterocycles. The third kappa shape index (κ3) is 8.08. The van der Waals surface area contributed by atoms with Crippen LogP contribution in [0.2, 0.25) is 5.02 Å². The van der Waals surface area contributed by atoms with E-state index in [0.717, 1.165) is 12.1 Å². The molecule has 0 aliphatic carbocycles. The van der Waals surface area contributed by atoms with Gasteiger partial charge in [-0.3, -0.25) is 4.99 Å². The van der Waals surface area contributed by atoms with Crippen LogP contribution >= 0.6 is 35.6 Å². The summed E-state index contributed by atoms with van der Waals surface area (Å²) in [7, 11) is 5.71. The Morgan fingerprint density at radius 1 is 1.39 bits per heavy atom. The average Bonchev–Trinajstić information content (AvgIpc) is 2.43. The van der Waals surface area contributed by atoms with E-state index in [9.17, 15) is 0 Å². The van der Waals surface area contributed by atoms with Gasteiger partial charge in [0.05, 0.1) is 18.7 Å². The fraction of sp³-hybridized carbons (Fsp3) is 0.562. The van der Waals surface area contributed by atoms with Gasteiger partial charge in [-0.05, 0) is 44.6 Å². The zero-order chi connectivity index (χ0) is 16.7. The minimum absolute atomic E-state index is 0. The molecule has 1 aromatic rings. The molecule has 1 aromatic carbocycles. The normalized spacial score (nSPS) is 13.0. The summed E-state index contributed by atoms with van der Waals surface area (Å²) in [6.07, 6.45) is 1.08. The predicted octanol–water partition coefficient (Wildman–Crippen LogP) is 3.67. The largest absolute Gasteiger partial charge is 0.495 e. The number of ether oxygens (including phenoxy) is 1. The Morgan fingerprint density at radius 2 is 2.04 bits per heavy atom. The second kappa shape index (κ2) is 10.9. The maximum absolute atomic E-state index is 6.09. The summed E-state index contributed by atoms with van der Waals surface area (Å²) in [6, 6.07) is 5.78. The molecule has 0 amide bonds. The van der Waals surface area contributed by atoms with Gasteiger partial charge in [-0.15, -0.1) is 24.0 Å². The molecule has 3 N–H and O–H groups in total. The van der Waals surface area contributed by atoms with Crippen LogP contribution in [0.1, 0.15) is 20.3 Å². The van der Waals surface area contributed by atoms with E-state index in [-0.39, 0.29) is 24.0 Å². The Bertz CT molecular complexity index is 509. The van der Waals surface area contributed by atoms with Crippen LogP contribution < -0.4 is 15.8 Å². The van der Waals surface area contributed by atoms with Crippen molar-refractivity contribution in [2.24, 2.45) is 16.6 Å². The van der Waals surface area contributed by atoms with Crippen LogP contribution in [0, 0.1) is 5.92 Å². The Hall–Kier alpha value is -0.730. The van der Waals surface area contributed by atoms with Crippen molar-refractivity contribution in [3.8, 4) is 5.75 Å². The summed E-state index contributed by atoms with van der Waals surface area (Å²) >= 11 is 6.09. The van der Waals surface area contributed by atoms with Crippen molar-refractivity contribution in [3.63, 3.8) is 0 Å². The number of benzene rings is 1. The first-order valence-electron chi connectivity index (χ1n) is 7.40. The zero-order valence-corrected chi connectivity index (χ0v) is 17.6. The standard InChI is InChI=1S/C16H27ClN4O.HI/c1-11(2)8-13(21(3)4)10-19-16(18)20-12-6-7-15(22-5)14(17)9-12;/h6-7,9,11,13H,8,10H2,1-5H3,(H3,18,19,20);1H. The number of nitrogens with zero attached hydrogens (tertiary/aromatic N) is 2. The van der Waals surface area contributed by atoms with Gasteiger partial charge >= 0.3 is 0 Å². The van der Waals surface area contributed by atoms with E-state index < -0.39 is 0 Å². The number of nitrogens with two attached hydrogens (primary N) is 1. The van der Waals surface area contributed by atoms with Crippen LogP contribution in [-0.4, -0.2) is 44.7 Å². The van der Waals surface area contributed by atoms with Crippen molar-refractivity contribution in [1.82, 2.24) is 4.90 Å². The first-order valence-corrected chi connectivity index (χ1v) is 7.78. The molecule has 5 nitrogen and oxygen atoms in total. The fourth-order valence-corrected chi connectivity index (χ4v) is 2.39. The Balaban J connectivity index is 0.00000484. The topological polar surface area (TPSA) is 62.9 Å². The molecule has 0 aliphatic heterocycles. The predicted molar refractivity (Wildman–Crippen MR) is 110 cm³/mol. The quantitative estimate of drug-likeness (QED) is 0.375. The van der Waals surface area contributed by atoms with Gasteiger partial charge in [-0.1, -0.05) is 25.4 Å². The lowest BCUT2D eigenvalue weighted by molar-refractivity contribution is 0.261. The first-order chi connectivity index (χ1) is 10.3. The molecule has 0 saturated carbocycles. The van der Waals surface area contributed by atoms with E-state index in [1.165, 1.54) is 0 Å². The number of rotatable bonds is 7. The number of halogens is 2. The van der Waals surface area contributed by atoms with Gasteiger partial charge < -0.3 is 20.7 Å². The molecular weight excluding hydrogens is 427 g/mol. The molecule has 7 heteroatoms. The number of hydrogen-bond donors (Lipinski definition) is 2. The first kappa shape index (κ1) is 22.3. The highest BCUT2D eigenvalue weighted by molar-refractivity contribution is 14.0. The third-order valence-corrected chi connectivity index (χ3v) is 3.67. The maximum Gasteiger partial charge on any atom is 0.193 e. The average molecular weight is 455 g/mol. The molecule has 0 fully saturated rings. The zero-order valence-electron chi connectivity index (χ0n) is 14.5. The van der Waals surface area contributed by atoms with Crippen LogP contribution in [0.4, 0.5) is 5.69 Å². The van der Waals surface area contributed by atoms with E-state index in [0.29, 0.717) is 35.2 Å². The highest BCUT2D eigenvalue weighted by Crippen LogP contribution is 2.27. The number of nitrogens with one attached hydrogen (secondary N) is 1. The molecular formula is C16H28ClIN4O. The van der Waals surface area contributed by atoms with E-state index in [4.69, 9.17) is 22.1 Å². The minimum atomic E-state index is 0. The van der Waals surface area contributed by atoms with Gasteiger partial charge in [0.2, 0.25) is 0 Å². The number of methoxy groups -OCH3 is 1. The number of likely N-dealkylation sites (N-methyl/N-ethyl adjacent to an activating group) is 1. The van der Waals surface area contributed by atoms with Gasteiger partial charge in [0.1, 0.15) is 5.75 Å². The summed E-state index contributed by atoms with van der Waals surface area (Å²) in [5.41, 5.74) is 6.74. The minimum Gasteiger partial charge on any atom is -0.495 e. The monoisotopic (exact) mass is 454 g/mol. The van der Waals surface area contributed by atoms with Gasteiger partial charge in [-0.2, -0.15) is 0 Å². The maximum atomic E-state index is 6.09. The molecule has 0 spiro atoms. The van der Waals surface area contributed by atoms with Crippen LogP contribution in [0.3, 0.4) is 0 Å². The highest BCUT2D eigenvalue weighted by atomic mass is 127. The van der Waals surface area contributed by atoms with E-state index >= 15 is 0 Å². The molecule has 132 valence electrons. The Labute approximate surface area is 161 Å². The molecule has 1 atom stereocenters. The second-order valence-corrected chi connectivity index (χ2v) is 6.35. The van der Waals surface area contributed by atoms with Crippen molar-refractivity contribution in [2.75, 3.05) is 33.1 Å². The highest BCUT2D eigenvalue weighted by Gasteiger charge is 2.13.